The Kier molecular flexibility index (Phi) is 6.43. The molecule has 0 spiro atoms. The smallest absolute Gasteiger partial charge is 0.269 e. The number of nitro groups is 1. The molecule has 142 valence electrons. The number of nitrogens with zero attached hydrogens (tertiary/aromatic N) is 5. The molecule has 0 saturated carbocycles. The highest BCUT2D eigenvalue weighted by atomic mass is 16.6. The Labute approximate surface area is 155 Å². The van der Waals surface area contributed by atoms with E-state index < -0.39 is 4.92 Å². The van der Waals surface area contributed by atoms with Crippen molar-refractivity contribution < 1.29 is 14.7 Å². The molecule has 10 nitrogen and oxygen atoms in total. The molecule has 27 heavy (non-hydrogen) atoms. The van der Waals surface area contributed by atoms with Crippen molar-refractivity contribution in [1.29, 1.82) is 5.26 Å². The minimum Gasteiger partial charge on any atom is -0.409 e. The molecule has 1 heterocycles. The molecule has 3 N–H and O–H groups in total. The minimum atomic E-state index is -0.484. The third kappa shape index (κ3) is 5.01. The van der Waals surface area contributed by atoms with Gasteiger partial charge in [-0.1, -0.05) is 24.2 Å². The average molecular weight is 372 g/mol. The standard InChI is InChI=1S/C17H20N6O4/c1-10(15(19)21-24)7-12(9-18)8-11(2)16-20-17(27-22-16)13-3-5-14(6-4-13)23(25)26/h3-6,10-12,24H,7-8H2,1-2H3,(H2,19,21). The van der Waals surface area contributed by atoms with Crippen molar-refractivity contribution in [3.05, 3.63) is 40.2 Å². The van der Waals surface area contributed by atoms with Crippen molar-refractivity contribution in [1.82, 2.24) is 10.1 Å². The molecule has 0 radical (unpaired) electrons. The normalized spacial score (nSPS) is 14.9. The molecule has 10 heteroatoms. The third-order valence-electron chi connectivity index (χ3n) is 4.29. The van der Waals surface area contributed by atoms with Crippen LogP contribution in [0.1, 0.15) is 38.4 Å². The highest BCUT2D eigenvalue weighted by molar-refractivity contribution is 5.81. The molecule has 0 bridgehead atoms. The van der Waals surface area contributed by atoms with Gasteiger partial charge in [0.15, 0.2) is 5.82 Å². The summed E-state index contributed by atoms with van der Waals surface area (Å²) in [5.41, 5.74) is 6.12. The molecule has 0 aliphatic rings. The molecular formula is C17H20N6O4. The predicted molar refractivity (Wildman–Crippen MR) is 95.7 cm³/mol. The van der Waals surface area contributed by atoms with E-state index in [1.165, 1.54) is 24.3 Å². The maximum atomic E-state index is 10.7. The molecule has 0 aliphatic carbocycles. The highest BCUT2D eigenvalue weighted by Crippen LogP contribution is 2.27. The summed E-state index contributed by atoms with van der Waals surface area (Å²) < 4.78 is 5.24. The van der Waals surface area contributed by atoms with Gasteiger partial charge in [0.1, 0.15) is 5.84 Å². The molecule has 3 atom stereocenters. The maximum Gasteiger partial charge on any atom is 0.269 e. The Balaban J connectivity index is 2.06. The lowest BCUT2D eigenvalue weighted by Crippen LogP contribution is -2.23. The van der Waals surface area contributed by atoms with E-state index in [4.69, 9.17) is 15.5 Å². The van der Waals surface area contributed by atoms with Crippen LogP contribution in [0.3, 0.4) is 0 Å². The summed E-state index contributed by atoms with van der Waals surface area (Å²) in [6.45, 7) is 3.66. The first kappa shape index (κ1) is 19.8. The second-order valence-corrected chi connectivity index (χ2v) is 6.39. The summed E-state index contributed by atoms with van der Waals surface area (Å²) in [6, 6.07) is 8.03. The number of oxime groups is 1. The first-order valence-electron chi connectivity index (χ1n) is 8.31. The van der Waals surface area contributed by atoms with Crippen LogP contribution >= 0.6 is 0 Å². The molecule has 3 unspecified atom stereocenters. The Morgan fingerprint density at radius 3 is 2.63 bits per heavy atom. The van der Waals surface area contributed by atoms with E-state index in [1.54, 1.807) is 6.92 Å². The minimum absolute atomic E-state index is 0.0245. The van der Waals surface area contributed by atoms with Gasteiger partial charge in [-0.3, -0.25) is 10.1 Å². The third-order valence-corrected chi connectivity index (χ3v) is 4.29. The van der Waals surface area contributed by atoms with Gasteiger partial charge in [-0.2, -0.15) is 10.2 Å². The second kappa shape index (κ2) is 8.75. The molecule has 1 aromatic heterocycles. The summed E-state index contributed by atoms with van der Waals surface area (Å²) in [5, 5.41) is 35.7. The number of hydrogen-bond acceptors (Lipinski definition) is 8. The van der Waals surface area contributed by atoms with Crippen molar-refractivity contribution in [2.75, 3.05) is 0 Å². The van der Waals surface area contributed by atoms with Gasteiger partial charge in [0.05, 0.1) is 11.0 Å². The van der Waals surface area contributed by atoms with Crippen molar-refractivity contribution in [2.45, 2.75) is 32.6 Å². The van der Waals surface area contributed by atoms with E-state index in [9.17, 15) is 15.4 Å². The van der Waals surface area contributed by atoms with Gasteiger partial charge in [-0.25, -0.2) is 0 Å². The number of hydrogen-bond donors (Lipinski definition) is 2. The van der Waals surface area contributed by atoms with E-state index in [0.29, 0.717) is 24.2 Å². The predicted octanol–water partition coefficient (Wildman–Crippen LogP) is 3.05. The number of amidine groups is 1. The van der Waals surface area contributed by atoms with Gasteiger partial charge in [0, 0.05) is 35.4 Å². The number of aromatic nitrogens is 2. The van der Waals surface area contributed by atoms with E-state index in [1.807, 2.05) is 6.92 Å². The van der Waals surface area contributed by atoms with E-state index in [2.05, 4.69) is 21.4 Å². The van der Waals surface area contributed by atoms with Gasteiger partial charge >= 0.3 is 0 Å². The Morgan fingerprint density at radius 1 is 1.41 bits per heavy atom. The Bertz CT molecular complexity index is 855. The van der Waals surface area contributed by atoms with Crippen LogP contribution in [0.25, 0.3) is 11.5 Å². The first-order chi connectivity index (χ1) is 12.8. The quantitative estimate of drug-likeness (QED) is 0.234. The highest BCUT2D eigenvalue weighted by Gasteiger charge is 2.22. The maximum absolute atomic E-state index is 10.7. The van der Waals surface area contributed by atoms with E-state index in [-0.39, 0.29) is 35.2 Å². The molecule has 0 amide bonds. The van der Waals surface area contributed by atoms with Crippen molar-refractivity contribution >= 4 is 11.5 Å². The Morgan fingerprint density at radius 2 is 2.07 bits per heavy atom. The molecule has 2 rings (SSSR count). The lowest BCUT2D eigenvalue weighted by molar-refractivity contribution is -0.384. The molecule has 1 aromatic carbocycles. The molecule has 0 aliphatic heterocycles. The fourth-order valence-electron chi connectivity index (χ4n) is 2.66. The lowest BCUT2D eigenvalue weighted by Gasteiger charge is -2.16. The number of nitro benzene ring substituents is 1. The largest absolute Gasteiger partial charge is 0.409 e. The zero-order chi connectivity index (χ0) is 20.0. The van der Waals surface area contributed by atoms with Crippen LogP contribution < -0.4 is 5.73 Å². The van der Waals surface area contributed by atoms with Crippen LogP contribution in [-0.2, 0) is 0 Å². The summed E-state index contributed by atoms with van der Waals surface area (Å²) in [6.07, 6.45) is 0.933. The molecule has 2 aromatic rings. The van der Waals surface area contributed by atoms with Crippen LogP contribution in [0.2, 0.25) is 0 Å². The average Bonchev–Trinajstić information content (AvgIpc) is 3.16. The van der Waals surface area contributed by atoms with Crippen molar-refractivity contribution in [3.8, 4) is 17.5 Å². The number of benzene rings is 1. The van der Waals surface area contributed by atoms with E-state index in [0.717, 1.165) is 0 Å². The summed E-state index contributed by atoms with van der Waals surface area (Å²) in [4.78, 5) is 14.6. The van der Waals surface area contributed by atoms with Crippen molar-refractivity contribution in [2.24, 2.45) is 22.7 Å². The molecule has 0 saturated heterocycles. The van der Waals surface area contributed by atoms with Gasteiger partial charge in [0.2, 0.25) is 0 Å². The number of rotatable bonds is 8. The fourth-order valence-corrected chi connectivity index (χ4v) is 2.66. The topological polar surface area (TPSA) is 164 Å². The zero-order valence-electron chi connectivity index (χ0n) is 14.9. The zero-order valence-corrected chi connectivity index (χ0v) is 14.9. The number of non-ortho nitro benzene ring substituents is 1. The van der Waals surface area contributed by atoms with Crippen LogP contribution in [0.15, 0.2) is 33.9 Å². The van der Waals surface area contributed by atoms with Crippen LogP contribution in [0, 0.1) is 33.3 Å². The summed E-state index contributed by atoms with van der Waals surface area (Å²) >= 11 is 0. The SMILES string of the molecule is CC(CC(C#N)CC(C)c1noc(-c2ccc([N+](=O)[O-])cc2)n1)/C(N)=N/O. The molecule has 0 fully saturated rings. The van der Waals surface area contributed by atoms with Gasteiger partial charge in [0.25, 0.3) is 11.6 Å². The Hall–Kier alpha value is -3.48. The monoisotopic (exact) mass is 372 g/mol. The van der Waals surface area contributed by atoms with Gasteiger partial charge in [-0.15, -0.1) is 0 Å². The first-order valence-corrected chi connectivity index (χ1v) is 8.31. The number of nitriles is 1. The number of nitrogens with two attached hydrogens (primary N) is 1. The second-order valence-electron chi connectivity index (χ2n) is 6.39. The van der Waals surface area contributed by atoms with Gasteiger partial charge < -0.3 is 15.5 Å². The van der Waals surface area contributed by atoms with Crippen LogP contribution in [0.4, 0.5) is 5.69 Å². The lowest BCUT2D eigenvalue weighted by atomic mass is 9.88. The van der Waals surface area contributed by atoms with E-state index >= 15 is 0 Å². The summed E-state index contributed by atoms with van der Waals surface area (Å²) in [7, 11) is 0. The van der Waals surface area contributed by atoms with Crippen LogP contribution in [-0.4, -0.2) is 26.1 Å². The molecular weight excluding hydrogens is 352 g/mol. The van der Waals surface area contributed by atoms with Crippen LogP contribution in [0.5, 0.6) is 0 Å². The van der Waals surface area contributed by atoms with Gasteiger partial charge in [-0.05, 0) is 25.0 Å². The summed E-state index contributed by atoms with van der Waals surface area (Å²) in [5.74, 6) is 0.0855. The van der Waals surface area contributed by atoms with Crippen molar-refractivity contribution in [3.63, 3.8) is 0 Å². The fraction of sp³-hybridized carbons (Fsp3) is 0.412.